The van der Waals surface area contributed by atoms with E-state index in [4.69, 9.17) is 4.84 Å². The van der Waals surface area contributed by atoms with Gasteiger partial charge in [0.1, 0.15) is 0 Å². The highest BCUT2D eigenvalue weighted by Crippen LogP contribution is 2.25. The zero-order chi connectivity index (χ0) is 15.5. The summed E-state index contributed by atoms with van der Waals surface area (Å²) in [6.45, 7) is 2.11. The molecule has 22 heavy (non-hydrogen) atoms. The zero-order valence-corrected chi connectivity index (χ0v) is 11.8. The Bertz CT molecular complexity index is 810. The van der Waals surface area contributed by atoms with Crippen LogP contribution in [0.4, 0.5) is 20.4 Å². The Hall–Kier alpha value is -2.60. The topological polar surface area (TPSA) is 38.2 Å². The average Bonchev–Trinajstić information content (AvgIpc) is 2.55. The van der Waals surface area contributed by atoms with Crippen molar-refractivity contribution in [1.29, 1.82) is 0 Å². The molecule has 0 saturated heterocycles. The van der Waals surface area contributed by atoms with Gasteiger partial charge in [-0.3, -0.25) is 4.84 Å². The summed E-state index contributed by atoms with van der Waals surface area (Å²) in [5.41, 5.74) is 1.05. The number of aromatic nitrogens is 2. The van der Waals surface area contributed by atoms with E-state index >= 15 is 0 Å². The highest BCUT2D eigenvalue weighted by atomic mass is 19.2. The average molecular weight is 301 g/mol. The minimum absolute atomic E-state index is 0.256. The van der Waals surface area contributed by atoms with Crippen molar-refractivity contribution in [3.8, 4) is 0 Å². The fourth-order valence-electron chi connectivity index (χ4n) is 2.05. The van der Waals surface area contributed by atoms with Gasteiger partial charge in [-0.2, -0.15) is 5.06 Å². The number of nitrogens with zero attached hydrogens (tertiary/aromatic N) is 3. The second kappa shape index (κ2) is 6.03. The van der Waals surface area contributed by atoms with Crippen LogP contribution >= 0.6 is 0 Å². The first-order valence-corrected chi connectivity index (χ1v) is 6.79. The fraction of sp³-hybridized carbons (Fsp3) is 0.125. The largest absolute Gasteiger partial charge is 0.266 e. The number of benzene rings is 2. The highest BCUT2D eigenvalue weighted by molar-refractivity contribution is 5.78. The highest BCUT2D eigenvalue weighted by Gasteiger charge is 2.15. The van der Waals surface area contributed by atoms with Gasteiger partial charge in [-0.1, -0.05) is 18.2 Å². The molecule has 0 spiro atoms. The van der Waals surface area contributed by atoms with Gasteiger partial charge in [0.2, 0.25) is 0 Å². The maximum atomic E-state index is 13.5. The summed E-state index contributed by atoms with van der Waals surface area (Å²) in [6, 6.07) is 11.0. The number of para-hydroxylation sites is 1. The first-order valence-electron chi connectivity index (χ1n) is 6.79. The van der Waals surface area contributed by atoms with Crippen molar-refractivity contribution in [3.63, 3.8) is 0 Å². The maximum absolute atomic E-state index is 13.5. The van der Waals surface area contributed by atoms with Crippen LogP contribution in [0, 0.1) is 11.6 Å². The van der Waals surface area contributed by atoms with Crippen molar-refractivity contribution < 1.29 is 13.6 Å². The monoisotopic (exact) mass is 301 g/mol. The Morgan fingerprint density at radius 3 is 2.68 bits per heavy atom. The fourth-order valence-corrected chi connectivity index (χ4v) is 2.05. The van der Waals surface area contributed by atoms with Gasteiger partial charge in [0, 0.05) is 17.6 Å². The third kappa shape index (κ3) is 2.73. The molecule has 0 N–H and O–H groups in total. The van der Waals surface area contributed by atoms with Gasteiger partial charge in [-0.05, 0) is 25.1 Å². The molecule has 0 aliphatic heterocycles. The number of rotatable bonds is 4. The van der Waals surface area contributed by atoms with Gasteiger partial charge in [0.25, 0.3) is 5.95 Å². The molecular formula is C16H13F2N3O. The van der Waals surface area contributed by atoms with Crippen molar-refractivity contribution in [1.82, 2.24) is 9.97 Å². The van der Waals surface area contributed by atoms with E-state index in [1.165, 1.54) is 11.1 Å². The molecule has 0 atom stereocenters. The predicted octanol–water partition coefficient (Wildman–Crippen LogP) is 4.00. The van der Waals surface area contributed by atoms with Crippen LogP contribution in [0.25, 0.3) is 10.9 Å². The van der Waals surface area contributed by atoms with Crippen LogP contribution in [0.5, 0.6) is 0 Å². The number of fused-ring (bicyclic) bond motifs is 1. The van der Waals surface area contributed by atoms with Crippen LogP contribution < -0.4 is 5.06 Å². The quantitative estimate of drug-likeness (QED) is 0.683. The lowest BCUT2D eigenvalue weighted by Crippen LogP contribution is -2.20. The Morgan fingerprint density at radius 1 is 1.09 bits per heavy atom. The lowest BCUT2D eigenvalue weighted by molar-refractivity contribution is 0.145. The van der Waals surface area contributed by atoms with Crippen LogP contribution in [0.15, 0.2) is 48.7 Å². The molecule has 6 heteroatoms. The lowest BCUT2D eigenvalue weighted by Gasteiger charge is -2.21. The standard InChI is InChI=1S/C16H13F2N3O/c1-2-22-21(12-7-8-13(17)14(18)9-12)16-19-10-11-5-3-4-6-15(11)20-16/h3-10H,2H2,1H3. The van der Waals surface area contributed by atoms with Crippen LogP contribution in [0.3, 0.4) is 0 Å². The smallest absolute Gasteiger partial charge is 0.255 e. The van der Waals surface area contributed by atoms with Gasteiger partial charge < -0.3 is 0 Å². The van der Waals surface area contributed by atoms with E-state index in [0.29, 0.717) is 12.3 Å². The normalized spacial score (nSPS) is 10.9. The van der Waals surface area contributed by atoms with E-state index in [9.17, 15) is 8.78 Å². The Kier molecular flexibility index (Phi) is 3.93. The molecule has 0 bridgehead atoms. The molecule has 2 aromatic carbocycles. The first kappa shape index (κ1) is 14.3. The van der Waals surface area contributed by atoms with E-state index < -0.39 is 11.6 Å². The van der Waals surface area contributed by atoms with Crippen molar-refractivity contribution in [2.75, 3.05) is 11.7 Å². The van der Waals surface area contributed by atoms with E-state index in [1.54, 1.807) is 13.1 Å². The Morgan fingerprint density at radius 2 is 1.91 bits per heavy atom. The summed E-state index contributed by atoms with van der Waals surface area (Å²) >= 11 is 0. The van der Waals surface area contributed by atoms with E-state index in [1.807, 2.05) is 24.3 Å². The molecule has 0 radical (unpaired) electrons. The second-order valence-electron chi connectivity index (χ2n) is 4.54. The second-order valence-corrected chi connectivity index (χ2v) is 4.54. The third-order valence-corrected chi connectivity index (χ3v) is 3.05. The van der Waals surface area contributed by atoms with E-state index in [0.717, 1.165) is 23.0 Å². The number of halogens is 2. The van der Waals surface area contributed by atoms with Crippen molar-refractivity contribution in [2.24, 2.45) is 0 Å². The molecule has 1 aromatic heterocycles. The van der Waals surface area contributed by atoms with Crippen molar-refractivity contribution >= 4 is 22.5 Å². The minimum Gasteiger partial charge on any atom is -0.266 e. The minimum atomic E-state index is -0.956. The number of hydrogen-bond donors (Lipinski definition) is 0. The molecule has 0 aliphatic rings. The van der Waals surface area contributed by atoms with E-state index in [2.05, 4.69) is 9.97 Å². The number of anilines is 2. The lowest BCUT2D eigenvalue weighted by atomic mass is 10.2. The first-order chi connectivity index (χ1) is 10.7. The molecular weight excluding hydrogens is 288 g/mol. The van der Waals surface area contributed by atoms with E-state index in [-0.39, 0.29) is 5.95 Å². The van der Waals surface area contributed by atoms with Gasteiger partial charge in [-0.25, -0.2) is 18.7 Å². The maximum Gasteiger partial charge on any atom is 0.255 e. The molecule has 0 unspecified atom stereocenters. The summed E-state index contributed by atoms with van der Waals surface area (Å²) in [5, 5.41) is 2.17. The van der Waals surface area contributed by atoms with Crippen molar-refractivity contribution in [2.45, 2.75) is 6.92 Å². The Balaban J connectivity index is 2.06. The van der Waals surface area contributed by atoms with Crippen LogP contribution in [0.1, 0.15) is 6.92 Å². The summed E-state index contributed by atoms with van der Waals surface area (Å²) in [6.07, 6.45) is 1.66. The molecule has 0 fully saturated rings. The summed E-state index contributed by atoms with van der Waals surface area (Å²) in [4.78, 5) is 14.1. The van der Waals surface area contributed by atoms with Crippen LogP contribution in [0.2, 0.25) is 0 Å². The molecule has 3 aromatic rings. The Labute approximate surface area is 125 Å². The summed E-state index contributed by atoms with van der Waals surface area (Å²) in [7, 11) is 0. The van der Waals surface area contributed by atoms with Gasteiger partial charge in [0.15, 0.2) is 11.6 Å². The van der Waals surface area contributed by atoms with Gasteiger partial charge in [0.05, 0.1) is 17.8 Å². The SMILES string of the molecule is CCON(c1ccc(F)c(F)c1)c1ncc2ccccc2n1. The summed E-state index contributed by atoms with van der Waals surface area (Å²) < 4.78 is 26.5. The van der Waals surface area contributed by atoms with Gasteiger partial charge >= 0.3 is 0 Å². The van der Waals surface area contributed by atoms with Crippen LogP contribution in [-0.2, 0) is 4.84 Å². The molecule has 0 amide bonds. The third-order valence-electron chi connectivity index (χ3n) is 3.05. The number of hydrogen-bond acceptors (Lipinski definition) is 4. The molecule has 4 nitrogen and oxygen atoms in total. The molecule has 0 saturated carbocycles. The van der Waals surface area contributed by atoms with Gasteiger partial charge in [-0.15, -0.1) is 0 Å². The van der Waals surface area contributed by atoms with Crippen LogP contribution in [-0.4, -0.2) is 16.6 Å². The van der Waals surface area contributed by atoms with Crippen molar-refractivity contribution in [3.05, 3.63) is 60.3 Å². The molecule has 1 heterocycles. The predicted molar refractivity (Wildman–Crippen MR) is 79.7 cm³/mol. The summed E-state index contributed by atoms with van der Waals surface area (Å²) in [5.74, 6) is -1.62. The molecule has 3 rings (SSSR count). The molecule has 0 aliphatic carbocycles. The zero-order valence-electron chi connectivity index (χ0n) is 11.8. The molecule has 112 valence electrons.